The lowest BCUT2D eigenvalue weighted by molar-refractivity contribution is -0.132. The molecule has 8 heteroatoms. The molecule has 0 spiro atoms. The number of nitrogens with zero attached hydrogens (tertiary/aromatic N) is 3. The zero-order chi connectivity index (χ0) is 20.8. The molecule has 0 atom stereocenters. The second-order valence-corrected chi connectivity index (χ2v) is 7.30. The van der Waals surface area contributed by atoms with Crippen molar-refractivity contribution in [3.63, 3.8) is 0 Å². The summed E-state index contributed by atoms with van der Waals surface area (Å²) in [5, 5.41) is 9.97. The van der Waals surface area contributed by atoms with Gasteiger partial charge in [-0.3, -0.25) is 14.5 Å². The topological polar surface area (TPSA) is 82.6 Å². The normalized spacial score (nSPS) is 17.7. The summed E-state index contributed by atoms with van der Waals surface area (Å²) in [5.74, 6) is 0.609. The number of hydrogen-bond acceptors (Lipinski definition) is 6. The Hall–Kier alpha value is -2.74. The molecular formula is C21H29N3O5. The molecule has 1 N–H and O–H groups in total. The molecule has 8 nitrogen and oxygen atoms in total. The lowest BCUT2D eigenvalue weighted by Crippen LogP contribution is -2.51. The van der Waals surface area contributed by atoms with Gasteiger partial charge in [0.2, 0.25) is 17.6 Å². The van der Waals surface area contributed by atoms with Crippen LogP contribution in [0.1, 0.15) is 18.4 Å². The van der Waals surface area contributed by atoms with Crippen molar-refractivity contribution in [1.82, 2.24) is 14.7 Å². The molecule has 2 heterocycles. The van der Waals surface area contributed by atoms with Crippen LogP contribution >= 0.6 is 0 Å². The Labute approximate surface area is 171 Å². The van der Waals surface area contributed by atoms with Gasteiger partial charge in [0.05, 0.1) is 20.8 Å². The number of rotatable bonds is 6. The van der Waals surface area contributed by atoms with Gasteiger partial charge >= 0.3 is 0 Å². The highest BCUT2D eigenvalue weighted by molar-refractivity contribution is 5.92. The number of methoxy groups -OCH3 is 2. The van der Waals surface area contributed by atoms with Gasteiger partial charge < -0.3 is 24.4 Å². The highest BCUT2D eigenvalue weighted by Gasteiger charge is 2.24. The molecule has 2 fully saturated rings. The first-order valence-electron chi connectivity index (χ1n) is 9.94. The predicted molar refractivity (Wildman–Crippen MR) is 109 cm³/mol. The monoisotopic (exact) mass is 403 g/mol. The number of amides is 2. The predicted octanol–water partition coefficient (Wildman–Crippen LogP) is 1.19. The summed E-state index contributed by atoms with van der Waals surface area (Å²) in [7, 11) is 2.92. The van der Waals surface area contributed by atoms with E-state index in [-0.39, 0.29) is 29.1 Å². The van der Waals surface area contributed by atoms with E-state index >= 15 is 0 Å². The first kappa shape index (κ1) is 21.0. The van der Waals surface area contributed by atoms with E-state index in [2.05, 4.69) is 4.90 Å². The standard InChI is InChI=1S/C21H29N3O5/c1-28-17-13-16(14-18(29-2)21(17)27)5-6-19(25)24-11-9-22(10-12-24)15-20(26)23-7-3-4-8-23/h5-6,13-14,27H,3-4,7-12,15H2,1-2H3/b6-5+. The van der Waals surface area contributed by atoms with Crippen LogP contribution in [0, 0.1) is 0 Å². The third kappa shape index (κ3) is 5.20. The van der Waals surface area contributed by atoms with Crippen molar-refractivity contribution in [2.75, 3.05) is 60.0 Å². The first-order chi connectivity index (χ1) is 14.0. The Morgan fingerprint density at radius 1 is 0.966 bits per heavy atom. The van der Waals surface area contributed by atoms with Crippen molar-refractivity contribution in [3.05, 3.63) is 23.8 Å². The molecule has 2 aliphatic rings. The molecule has 0 bridgehead atoms. The third-order valence-electron chi connectivity index (χ3n) is 5.42. The van der Waals surface area contributed by atoms with Crippen molar-refractivity contribution in [3.8, 4) is 17.2 Å². The van der Waals surface area contributed by atoms with E-state index in [4.69, 9.17) is 9.47 Å². The molecule has 0 saturated carbocycles. The van der Waals surface area contributed by atoms with E-state index in [0.29, 0.717) is 38.3 Å². The van der Waals surface area contributed by atoms with Gasteiger partial charge in [0.25, 0.3) is 0 Å². The van der Waals surface area contributed by atoms with Crippen LogP contribution < -0.4 is 9.47 Å². The van der Waals surface area contributed by atoms with Crippen LogP contribution in [0.25, 0.3) is 6.08 Å². The zero-order valence-electron chi connectivity index (χ0n) is 17.1. The van der Waals surface area contributed by atoms with Gasteiger partial charge in [-0.25, -0.2) is 0 Å². The highest BCUT2D eigenvalue weighted by Crippen LogP contribution is 2.37. The number of ether oxygens (including phenoxy) is 2. The van der Waals surface area contributed by atoms with E-state index in [1.165, 1.54) is 20.3 Å². The molecule has 0 radical (unpaired) electrons. The van der Waals surface area contributed by atoms with E-state index < -0.39 is 0 Å². The van der Waals surface area contributed by atoms with Gasteiger partial charge in [0.1, 0.15) is 0 Å². The van der Waals surface area contributed by atoms with Crippen LogP contribution in [0.15, 0.2) is 18.2 Å². The zero-order valence-corrected chi connectivity index (χ0v) is 17.1. The summed E-state index contributed by atoms with van der Waals surface area (Å²) in [6.45, 7) is 4.76. The average molecular weight is 403 g/mol. The maximum absolute atomic E-state index is 12.5. The summed E-state index contributed by atoms with van der Waals surface area (Å²) in [4.78, 5) is 30.6. The summed E-state index contributed by atoms with van der Waals surface area (Å²) in [6.07, 6.45) is 5.38. The van der Waals surface area contributed by atoms with E-state index in [0.717, 1.165) is 25.9 Å². The summed E-state index contributed by atoms with van der Waals surface area (Å²) < 4.78 is 10.3. The number of piperazine rings is 1. The number of hydrogen-bond donors (Lipinski definition) is 1. The van der Waals surface area contributed by atoms with Crippen molar-refractivity contribution < 1.29 is 24.2 Å². The molecule has 158 valence electrons. The van der Waals surface area contributed by atoms with Gasteiger partial charge in [-0.15, -0.1) is 0 Å². The molecule has 0 aromatic heterocycles. The van der Waals surface area contributed by atoms with Gasteiger partial charge in [-0.05, 0) is 36.6 Å². The van der Waals surface area contributed by atoms with Gasteiger partial charge in [0, 0.05) is 45.3 Å². The van der Waals surface area contributed by atoms with Gasteiger partial charge in [-0.1, -0.05) is 0 Å². The van der Waals surface area contributed by atoms with Crippen molar-refractivity contribution in [2.24, 2.45) is 0 Å². The number of carbonyl (C=O) groups excluding carboxylic acids is 2. The largest absolute Gasteiger partial charge is 0.502 e. The van der Waals surface area contributed by atoms with Crippen LogP contribution in [-0.4, -0.2) is 91.7 Å². The van der Waals surface area contributed by atoms with Gasteiger partial charge in [-0.2, -0.15) is 0 Å². The van der Waals surface area contributed by atoms with Crippen molar-refractivity contribution in [2.45, 2.75) is 12.8 Å². The molecule has 0 unspecified atom stereocenters. The van der Waals surface area contributed by atoms with Crippen LogP contribution in [0.3, 0.4) is 0 Å². The molecule has 29 heavy (non-hydrogen) atoms. The smallest absolute Gasteiger partial charge is 0.246 e. The Morgan fingerprint density at radius 3 is 2.10 bits per heavy atom. The number of phenols is 1. The molecule has 2 aliphatic heterocycles. The minimum atomic E-state index is -0.0819. The fourth-order valence-electron chi connectivity index (χ4n) is 3.67. The van der Waals surface area contributed by atoms with E-state index in [9.17, 15) is 14.7 Å². The molecule has 3 rings (SSSR count). The fraction of sp³-hybridized carbons (Fsp3) is 0.524. The van der Waals surface area contributed by atoms with E-state index in [1.54, 1.807) is 23.1 Å². The highest BCUT2D eigenvalue weighted by atomic mass is 16.5. The molecule has 1 aromatic rings. The van der Waals surface area contributed by atoms with E-state index in [1.807, 2.05) is 4.90 Å². The minimum absolute atomic E-state index is 0.0712. The maximum Gasteiger partial charge on any atom is 0.246 e. The summed E-state index contributed by atoms with van der Waals surface area (Å²) in [6, 6.07) is 3.28. The van der Waals surface area contributed by atoms with Crippen LogP contribution in [0.4, 0.5) is 0 Å². The average Bonchev–Trinajstić information content (AvgIpc) is 3.28. The Bertz CT molecular complexity index is 741. The molecule has 2 saturated heterocycles. The minimum Gasteiger partial charge on any atom is -0.502 e. The summed E-state index contributed by atoms with van der Waals surface area (Å²) >= 11 is 0. The lowest BCUT2D eigenvalue weighted by atomic mass is 10.1. The second kappa shape index (κ2) is 9.65. The Balaban J connectivity index is 1.52. The third-order valence-corrected chi connectivity index (χ3v) is 5.42. The Kier molecular flexibility index (Phi) is 6.98. The van der Waals surface area contributed by atoms with Crippen LogP contribution in [0.5, 0.6) is 17.2 Å². The lowest BCUT2D eigenvalue weighted by Gasteiger charge is -2.34. The quantitative estimate of drug-likeness (QED) is 0.719. The summed E-state index contributed by atoms with van der Waals surface area (Å²) in [5.41, 5.74) is 0.694. The SMILES string of the molecule is COc1cc(/C=C/C(=O)N2CCN(CC(=O)N3CCCC3)CC2)cc(OC)c1O. The molecular weight excluding hydrogens is 374 g/mol. The van der Waals surface area contributed by atoms with Gasteiger partial charge in [0.15, 0.2) is 11.5 Å². The number of likely N-dealkylation sites (tertiary alicyclic amines) is 1. The number of aromatic hydroxyl groups is 1. The molecule has 1 aromatic carbocycles. The number of benzene rings is 1. The first-order valence-corrected chi connectivity index (χ1v) is 9.94. The molecule has 0 aliphatic carbocycles. The number of carbonyl (C=O) groups is 2. The van der Waals surface area contributed by atoms with Crippen molar-refractivity contribution >= 4 is 17.9 Å². The Morgan fingerprint density at radius 2 is 1.55 bits per heavy atom. The van der Waals surface area contributed by atoms with Crippen LogP contribution in [0.2, 0.25) is 0 Å². The van der Waals surface area contributed by atoms with Crippen molar-refractivity contribution in [1.29, 1.82) is 0 Å². The fourth-order valence-corrected chi connectivity index (χ4v) is 3.67. The molecule has 2 amide bonds. The maximum atomic E-state index is 12.5. The second-order valence-electron chi connectivity index (χ2n) is 7.30. The van der Waals surface area contributed by atoms with Crippen LogP contribution in [-0.2, 0) is 9.59 Å². The number of phenolic OH excluding ortho intramolecular Hbond substituents is 1.